The third-order valence-corrected chi connectivity index (χ3v) is 10.1. The van der Waals surface area contributed by atoms with Crippen LogP contribution in [0.2, 0.25) is 0 Å². The molecule has 2 saturated heterocycles. The van der Waals surface area contributed by atoms with Crippen molar-refractivity contribution in [2.45, 2.75) is 85.2 Å². The molecule has 1 amide bonds. The van der Waals surface area contributed by atoms with Crippen LogP contribution in [0.5, 0.6) is 0 Å². The number of thioether (sulfide) groups is 2. The van der Waals surface area contributed by atoms with Gasteiger partial charge in [-0.25, -0.2) is 4.57 Å². The summed E-state index contributed by atoms with van der Waals surface area (Å²) in [5.74, 6) is -1.08. The number of primary amides is 1. The van der Waals surface area contributed by atoms with E-state index in [0.29, 0.717) is 12.0 Å². The Morgan fingerprint density at radius 1 is 1.10 bits per heavy atom. The van der Waals surface area contributed by atoms with E-state index in [2.05, 4.69) is 0 Å². The number of phosphoric ester groups is 1. The molecule has 3 rings (SSSR count). The highest BCUT2D eigenvalue weighted by Crippen LogP contribution is 2.51. The van der Waals surface area contributed by atoms with E-state index in [4.69, 9.17) is 33.5 Å². The molecule has 3 aliphatic rings. The highest BCUT2D eigenvalue weighted by molar-refractivity contribution is 8.14. The van der Waals surface area contributed by atoms with E-state index in [1.54, 1.807) is 51.1 Å². The number of ether oxygens (including phenoxy) is 3. The van der Waals surface area contributed by atoms with Crippen LogP contribution >= 0.6 is 31.3 Å². The number of carbonyl (C=O) groups excluding carboxylic acids is 3. The van der Waals surface area contributed by atoms with Gasteiger partial charge in [0.05, 0.1) is 19.8 Å². The van der Waals surface area contributed by atoms with Gasteiger partial charge in [-0.15, -0.1) is 0 Å². The lowest BCUT2D eigenvalue weighted by molar-refractivity contribution is -0.201. The molecule has 0 aromatic carbocycles. The first-order valence-electron chi connectivity index (χ1n) is 13.8. The van der Waals surface area contributed by atoms with Crippen molar-refractivity contribution in [1.82, 2.24) is 4.90 Å². The van der Waals surface area contributed by atoms with Gasteiger partial charge in [-0.05, 0) is 20.3 Å². The standard InChI is InChI=1S/C27H43N2O10PS2/c1-17(2)24(31)41-13-11-34-40(33,35-12-14-42-25(32)26(3,4)5)36-16-19-20-21(39-27(6,7)38-20)23(37-19)29-10-8-9-18(15-29)22(28)30/h8,10,15,17,19-21,23H,9,11-14,16H2,1-7H3,(H2,28,30). The topological polar surface area (TPSA) is 153 Å². The summed E-state index contributed by atoms with van der Waals surface area (Å²) in [5, 5.41) is -0.0331. The molecule has 3 aliphatic heterocycles. The van der Waals surface area contributed by atoms with Crippen LogP contribution in [-0.2, 0) is 46.7 Å². The number of fused-ring (bicyclic) bond motifs is 1. The van der Waals surface area contributed by atoms with Gasteiger partial charge in [0.2, 0.25) is 5.91 Å². The summed E-state index contributed by atoms with van der Waals surface area (Å²) in [5.41, 5.74) is 5.38. The van der Waals surface area contributed by atoms with Gasteiger partial charge in [-0.2, -0.15) is 0 Å². The Balaban J connectivity index is 1.67. The van der Waals surface area contributed by atoms with Crippen molar-refractivity contribution in [1.29, 1.82) is 0 Å². The minimum atomic E-state index is -4.13. The molecule has 15 heteroatoms. The monoisotopic (exact) mass is 650 g/mol. The molecule has 0 bridgehead atoms. The molecule has 2 N–H and O–H groups in total. The lowest BCUT2D eigenvalue weighted by atomic mass is 10.00. The molecular weight excluding hydrogens is 607 g/mol. The SMILES string of the molecule is CC(C)C(=O)SCCOP(=O)(OCCSC(=O)C(C)(C)C)OCC1OC(N2C=CCC(C(N)=O)=C2)C2OC(C)(C)OC12. The van der Waals surface area contributed by atoms with E-state index in [0.717, 1.165) is 23.5 Å². The Morgan fingerprint density at radius 3 is 2.31 bits per heavy atom. The molecular formula is C27H43N2O10PS2. The lowest BCUT2D eigenvalue weighted by Gasteiger charge is -2.31. The molecule has 0 aliphatic carbocycles. The van der Waals surface area contributed by atoms with Gasteiger partial charge < -0.3 is 24.8 Å². The number of rotatable bonds is 14. The predicted molar refractivity (Wildman–Crippen MR) is 160 cm³/mol. The Morgan fingerprint density at radius 2 is 1.71 bits per heavy atom. The second-order valence-electron chi connectivity index (χ2n) is 11.8. The van der Waals surface area contributed by atoms with Crippen LogP contribution in [0.25, 0.3) is 0 Å². The number of hydrogen-bond donors (Lipinski definition) is 1. The zero-order chi connectivity index (χ0) is 31.3. The van der Waals surface area contributed by atoms with Gasteiger partial charge in [0, 0.05) is 40.8 Å². The van der Waals surface area contributed by atoms with Crippen LogP contribution in [-0.4, -0.2) is 82.7 Å². The zero-order valence-electron chi connectivity index (χ0n) is 25.2. The third-order valence-electron chi connectivity index (χ3n) is 6.28. The first-order valence-corrected chi connectivity index (χ1v) is 17.3. The maximum Gasteiger partial charge on any atom is 0.474 e. The van der Waals surface area contributed by atoms with Crippen LogP contribution in [0.3, 0.4) is 0 Å². The molecule has 5 unspecified atom stereocenters. The van der Waals surface area contributed by atoms with Gasteiger partial charge >= 0.3 is 7.82 Å². The van der Waals surface area contributed by atoms with E-state index in [9.17, 15) is 18.9 Å². The van der Waals surface area contributed by atoms with Crippen molar-refractivity contribution >= 4 is 47.5 Å². The zero-order valence-corrected chi connectivity index (χ0v) is 27.8. The normalized spacial score (nSPS) is 26.7. The van der Waals surface area contributed by atoms with Crippen molar-refractivity contribution in [2.75, 3.05) is 31.3 Å². The van der Waals surface area contributed by atoms with E-state index < -0.39 is 49.5 Å². The summed E-state index contributed by atoms with van der Waals surface area (Å²) in [6.45, 7) is 12.3. The fraction of sp³-hybridized carbons (Fsp3) is 0.741. The Bertz CT molecular complexity index is 1110. The summed E-state index contributed by atoms with van der Waals surface area (Å²) in [6, 6.07) is 0. The Hall–Kier alpha value is -1.22. The molecule has 5 atom stereocenters. The molecule has 12 nitrogen and oxygen atoms in total. The summed E-state index contributed by atoms with van der Waals surface area (Å²) < 4.78 is 49.0. The van der Waals surface area contributed by atoms with Gasteiger partial charge in [0.25, 0.3) is 0 Å². The number of nitrogens with two attached hydrogens (primary N) is 1. The van der Waals surface area contributed by atoms with Gasteiger partial charge in [0.15, 0.2) is 22.2 Å². The third kappa shape index (κ3) is 9.90. The van der Waals surface area contributed by atoms with Crippen molar-refractivity contribution in [2.24, 2.45) is 17.1 Å². The highest BCUT2D eigenvalue weighted by Gasteiger charge is 2.57. The van der Waals surface area contributed by atoms with E-state index in [1.807, 2.05) is 20.8 Å². The maximum absolute atomic E-state index is 13.6. The summed E-state index contributed by atoms with van der Waals surface area (Å²) >= 11 is 2.15. The van der Waals surface area contributed by atoms with Gasteiger partial charge in [-0.3, -0.25) is 28.0 Å². The fourth-order valence-electron chi connectivity index (χ4n) is 4.17. The number of allylic oxidation sites excluding steroid dienone is 1. The lowest BCUT2D eigenvalue weighted by Crippen LogP contribution is -2.40. The van der Waals surface area contributed by atoms with Crippen molar-refractivity contribution in [3.05, 3.63) is 24.0 Å². The number of amides is 1. The maximum atomic E-state index is 13.6. The average Bonchev–Trinajstić information content (AvgIpc) is 3.40. The second kappa shape index (κ2) is 14.7. The number of hydrogen-bond acceptors (Lipinski definition) is 13. The molecule has 2 fully saturated rings. The number of phosphoric acid groups is 1. The minimum absolute atomic E-state index is 0.00916. The van der Waals surface area contributed by atoms with Crippen LogP contribution in [0.4, 0.5) is 0 Å². The minimum Gasteiger partial charge on any atom is -0.366 e. The summed E-state index contributed by atoms with van der Waals surface area (Å²) in [6.07, 6.45) is 3.05. The number of carbonyl (C=O) groups is 3. The van der Waals surface area contributed by atoms with Crippen LogP contribution in [0.1, 0.15) is 54.9 Å². The highest BCUT2D eigenvalue weighted by atomic mass is 32.2. The van der Waals surface area contributed by atoms with Crippen LogP contribution in [0, 0.1) is 11.3 Å². The van der Waals surface area contributed by atoms with E-state index >= 15 is 0 Å². The molecule has 0 spiro atoms. The number of nitrogens with zero attached hydrogens (tertiary/aromatic N) is 1. The average molecular weight is 651 g/mol. The Labute approximate surface area is 256 Å². The van der Waals surface area contributed by atoms with Crippen molar-refractivity contribution < 1.29 is 46.7 Å². The van der Waals surface area contributed by atoms with E-state index in [-0.39, 0.29) is 47.5 Å². The van der Waals surface area contributed by atoms with Crippen LogP contribution in [0.15, 0.2) is 24.0 Å². The predicted octanol–water partition coefficient (Wildman–Crippen LogP) is 4.20. The largest absolute Gasteiger partial charge is 0.474 e. The van der Waals surface area contributed by atoms with Crippen molar-refractivity contribution in [3.63, 3.8) is 0 Å². The molecule has 42 heavy (non-hydrogen) atoms. The Kier molecular flexibility index (Phi) is 12.3. The molecule has 0 radical (unpaired) electrons. The molecule has 238 valence electrons. The smallest absolute Gasteiger partial charge is 0.366 e. The molecule has 0 saturated carbocycles. The summed E-state index contributed by atoms with van der Waals surface area (Å²) in [4.78, 5) is 37.7. The first-order chi connectivity index (χ1) is 19.5. The van der Waals surface area contributed by atoms with Gasteiger partial charge in [0.1, 0.15) is 18.3 Å². The van der Waals surface area contributed by atoms with Gasteiger partial charge in [-0.1, -0.05) is 64.2 Å². The second-order valence-corrected chi connectivity index (χ2v) is 15.6. The molecule has 0 aromatic heterocycles. The fourth-order valence-corrected chi connectivity index (χ4v) is 7.08. The quantitative estimate of drug-likeness (QED) is 0.211. The summed E-state index contributed by atoms with van der Waals surface area (Å²) in [7, 11) is -4.13. The molecule has 0 aromatic rings. The molecule has 3 heterocycles. The van der Waals surface area contributed by atoms with Crippen molar-refractivity contribution in [3.8, 4) is 0 Å². The van der Waals surface area contributed by atoms with E-state index in [1.165, 1.54) is 0 Å². The van der Waals surface area contributed by atoms with Crippen LogP contribution < -0.4 is 5.73 Å². The first kappa shape index (κ1) is 35.3.